The Hall–Kier alpha value is -3.12. The fourth-order valence-electron chi connectivity index (χ4n) is 3.52. The molecule has 0 nitrogen and oxygen atoms in total. The molecule has 0 N–H and O–H groups in total. The minimum Gasteiger partial charge on any atom is -0.0656 e. The average Bonchev–Trinajstić information content (AvgIpc) is 2.96. The fraction of sp³-hybridized carbons (Fsp3) is 0.385. The predicted octanol–water partition coefficient (Wildman–Crippen LogP) is 11.6. The van der Waals surface area contributed by atoms with E-state index < -0.39 is 0 Å². The summed E-state index contributed by atoms with van der Waals surface area (Å²) >= 11 is 0. The Morgan fingerprint density at radius 1 is 0.333 bits per heavy atom. The van der Waals surface area contributed by atoms with Crippen LogP contribution in [0.1, 0.15) is 92.5 Å². The summed E-state index contributed by atoms with van der Waals surface area (Å²) in [5.41, 5.74) is 11.1. The summed E-state index contributed by atoms with van der Waals surface area (Å²) in [6.45, 7) is 21.4. The van der Waals surface area contributed by atoms with Crippen molar-refractivity contribution in [1.29, 1.82) is 0 Å². The molecule has 4 aromatic carbocycles. The lowest BCUT2D eigenvalue weighted by Gasteiger charge is -1.98. The second-order valence-electron chi connectivity index (χ2n) is 10.1. The molecule has 0 spiro atoms. The standard InChI is InChI=1S/2C10H14.2C8H10.C3H8/c1-3-9-5-7-10(4-2)8-6-9;1-3-9-6-5-7-10(4-2)8-9;1-7-3-5-8(2)6-4-7;1-7-4-3-5-8(2)6-7;1-3-2/h2*5-8H,3-4H2,1-2H3;2*3-6H,1-2H3;3H2,1-2H3. The summed E-state index contributed by atoms with van der Waals surface area (Å²) in [6.07, 6.45) is 5.83. The number of aryl methyl sites for hydroxylation is 8. The van der Waals surface area contributed by atoms with E-state index in [0.717, 1.165) is 25.7 Å². The molecule has 0 radical (unpaired) electrons. The Labute approximate surface area is 242 Å². The van der Waals surface area contributed by atoms with E-state index in [1.807, 2.05) is 0 Å². The summed E-state index contributed by atoms with van der Waals surface area (Å²) in [5.74, 6) is 0. The van der Waals surface area contributed by atoms with Crippen molar-refractivity contribution in [3.05, 3.63) is 142 Å². The van der Waals surface area contributed by atoms with Gasteiger partial charge in [-0.3, -0.25) is 0 Å². The first-order chi connectivity index (χ1) is 18.7. The van der Waals surface area contributed by atoms with Gasteiger partial charge in [0.2, 0.25) is 0 Å². The van der Waals surface area contributed by atoms with Crippen LogP contribution in [0.2, 0.25) is 0 Å². The molecule has 0 heterocycles. The summed E-state index contributed by atoms with van der Waals surface area (Å²) in [6, 6.07) is 34.5. The molecule has 0 aliphatic carbocycles. The molecule has 0 aliphatic rings. The maximum absolute atomic E-state index is 2.28. The van der Waals surface area contributed by atoms with Gasteiger partial charge in [0.15, 0.2) is 0 Å². The normalized spacial score (nSPS) is 9.28. The quantitative estimate of drug-likeness (QED) is 0.249. The molecular formula is C39H56. The zero-order chi connectivity index (χ0) is 29.5. The third-order valence-electron chi connectivity index (χ3n) is 6.04. The van der Waals surface area contributed by atoms with Gasteiger partial charge in [-0.2, -0.15) is 0 Å². The molecule has 0 fully saturated rings. The largest absolute Gasteiger partial charge is 0.0656 e. The molecular weight excluding hydrogens is 468 g/mol. The van der Waals surface area contributed by atoms with E-state index >= 15 is 0 Å². The van der Waals surface area contributed by atoms with Gasteiger partial charge in [-0.05, 0) is 75.6 Å². The lowest BCUT2D eigenvalue weighted by Crippen LogP contribution is -1.83. The molecule has 0 saturated carbocycles. The number of benzene rings is 4. The molecule has 212 valence electrons. The Kier molecular flexibility index (Phi) is 21.0. The third-order valence-corrected chi connectivity index (χ3v) is 6.04. The molecule has 4 aromatic rings. The third kappa shape index (κ3) is 18.7. The van der Waals surface area contributed by atoms with Gasteiger partial charge in [0.1, 0.15) is 0 Å². The van der Waals surface area contributed by atoms with Crippen molar-refractivity contribution in [1.82, 2.24) is 0 Å². The van der Waals surface area contributed by atoms with Crippen molar-refractivity contribution in [2.24, 2.45) is 0 Å². The first-order valence-corrected chi connectivity index (χ1v) is 14.9. The first-order valence-electron chi connectivity index (χ1n) is 14.9. The maximum Gasteiger partial charge on any atom is -0.0307 e. The van der Waals surface area contributed by atoms with Crippen LogP contribution >= 0.6 is 0 Å². The highest BCUT2D eigenvalue weighted by atomic mass is 14.0. The molecule has 0 unspecified atom stereocenters. The maximum atomic E-state index is 2.28. The van der Waals surface area contributed by atoms with Gasteiger partial charge in [-0.15, -0.1) is 0 Å². The van der Waals surface area contributed by atoms with E-state index in [9.17, 15) is 0 Å². The zero-order valence-corrected chi connectivity index (χ0v) is 26.8. The van der Waals surface area contributed by atoms with Gasteiger partial charge in [-0.25, -0.2) is 0 Å². The van der Waals surface area contributed by atoms with Crippen molar-refractivity contribution >= 4 is 0 Å². The molecule has 4 rings (SSSR count). The summed E-state index contributed by atoms with van der Waals surface area (Å²) < 4.78 is 0. The lowest BCUT2D eigenvalue weighted by molar-refractivity contribution is 1.09. The highest BCUT2D eigenvalue weighted by Gasteiger charge is 1.90. The molecule has 0 aliphatic heterocycles. The molecule has 0 atom stereocenters. The van der Waals surface area contributed by atoms with Gasteiger partial charge in [0.05, 0.1) is 0 Å². The Morgan fingerprint density at radius 2 is 0.641 bits per heavy atom. The van der Waals surface area contributed by atoms with Gasteiger partial charge in [-0.1, -0.05) is 167 Å². The molecule has 0 bridgehead atoms. The number of rotatable bonds is 4. The van der Waals surface area contributed by atoms with Crippen molar-refractivity contribution in [2.75, 3.05) is 0 Å². The van der Waals surface area contributed by atoms with Gasteiger partial charge < -0.3 is 0 Å². The van der Waals surface area contributed by atoms with Crippen LogP contribution < -0.4 is 0 Å². The van der Waals surface area contributed by atoms with Crippen molar-refractivity contribution in [3.63, 3.8) is 0 Å². The minimum absolute atomic E-state index is 1.14. The van der Waals surface area contributed by atoms with Gasteiger partial charge in [0.25, 0.3) is 0 Å². The van der Waals surface area contributed by atoms with E-state index in [1.54, 1.807) is 0 Å². The molecule has 39 heavy (non-hydrogen) atoms. The predicted molar refractivity (Wildman–Crippen MR) is 178 cm³/mol. The number of hydrogen-bond acceptors (Lipinski definition) is 0. The van der Waals surface area contributed by atoms with Crippen LogP contribution in [0, 0.1) is 27.7 Å². The first kappa shape index (κ1) is 35.9. The Bertz CT molecular complexity index is 1020. The summed E-state index contributed by atoms with van der Waals surface area (Å²) in [7, 11) is 0. The molecule has 0 aromatic heterocycles. The topological polar surface area (TPSA) is 0 Å². The fourth-order valence-corrected chi connectivity index (χ4v) is 3.52. The SMILES string of the molecule is CCC.CCc1ccc(CC)cc1.CCc1cccc(CC)c1.Cc1ccc(C)cc1.Cc1cccc(C)c1. The van der Waals surface area contributed by atoms with Crippen LogP contribution in [-0.2, 0) is 25.7 Å². The van der Waals surface area contributed by atoms with Crippen LogP contribution in [0.25, 0.3) is 0 Å². The van der Waals surface area contributed by atoms with Crippen LogP contribution in [0.3, 0.4) is 0 Å². The highest BCUT2D eigenvalue weighted by Crippen LogP contribution is 2.06. The Morgan fingerprint density at radius 3 is 0.897 bits per heavy atom. The molecule has 0 heteroatoms. The van der Waals surface area contributed by atoms with E-state index in [-0.39, 0.29) is 0 Å². The van der Waals surface area contributed by atoms with Crippen LogP contribution in [0.4, 0.5) is 0 Å². The second kappa shape index (κ2) is 22.8. The van der Waals surface area contributed by atoms with Gasteiger partial charge >= 0.3 is 0 Å². The smallest absolute Gasteiger partial charge is 0.0307 e. The van der Waals surface area contributed by atoms with E-state index in [2.05, 4.69) is 166 Å². The monoisotopic (exact) mass is 524 g/mol. The minimum atomic E-state index is 1.14. The Balaban J connectivity index is 0.000000479. The summed E-state index contributed by atoms with van der Waals surface area (Å²) in [5, 5.41) is 0. The lowest BCUT2D eigenvalue weighted by atomic mass is 10.1. The number of hydrogen-bond donors (Lipinski definition) is 0. The van der Waals surface area contributed by atoms with Crippen molar-refractivity contribution in [2.45, 2.75) is 101 Å². The van der Waals surface area contributed by atoms with Crippen molar-refractivity contribution < 1.29 is 0 Å². The van der Waals surface area contributed by atoms with Crippen LogP contribution in [-0.4, -0.2) is 0 Å². The van der Waals surface area contributed by atoms with Gasteiger partial charge in [0, 0.05) is 0 Å². The van der Waals surface area contributed by atoms with Crippen LogP contribution in [0.5, 0.6) is 0 Å². The highest BCUT2D eigenvalue weighted by molar-refractivity contribution is 5.24. The van der Waals surface area contributed by atoms with E-state index in [1.165, 1.54) is 50.9 Å². The molecule has 0 saturated heterocycles. The second-order valence-corrected chi connectivity index (χ2v) is 10.1. The molecule has 0 amide bonds. The van der Waals surface area contributed by atoms with Crippen molar-refractivity contribution in [3.8, 4) is 0 Å². The van der Waals surface area contributed by atoms with E-state index in [4.69, 9.17) is 0 Å². The summed E-state index contributed by atoms with van der Waals surface area (Å²) in [4.78, 5) is 0. The zero-order valence-electron chi connectivity index (χ0n) is 26.8. The average molecular weight is 525 g/mol. The van der Waals surface area contributed by atoms with Crippen LogP contribution in [0.15, 0.2) is 97.1 Å². The van der Waals surface area contributed by atoms with E-state index in [0.29, 0.717) is 0 Å².